The molecule has 4 aromatic rings. The van der Waals surface area contributed by atoms with Crippen molar-refractivity contribution in [2.45, 2.75) is 6.54 Å². The predicted molar refractivity (Wildman–Crippen MR) is 90.3 cm³/mol. The van der Waals surface area contributed by atoms with Gasteiger partial charge in [-0.15, -0.1) is 10.2 Å². The molecular formula is C18H13F2N5O. The second-order valence-corrected chi connectivity index (χ2v) is 5.70. The van der Waals surface area contributed by atoms with E-state index >= 15 is 0 Å². The molecule has 0 unspecified atom stereocenters. The van der Waals surface area contributed by atoms with Gasteiger partial charge in [0.05, 0.1) is 5.56 Å². The molecule has 0 spiro atoms. The number of nitrogens with zero attached hydrogens (tertiary/aromatic N) is 3. The van der Waals surface area contributed by atoms with E-state index in [0.29, 0.717) is 22.6 Å². The van der Waals surface area contributed by atoms with Crippen molar-refractivity contribution in [2.24, 2.45) is 0 Å². The average molecular weight is 353 g/mol. The number of H-pyrrole nitrogens is 1. The maximum absolute atomic E-state index is 13.2. The first-order valence-electron chi connectivity index (χ1n) is 7.82. The molecular weight excluding hydrogens is 340 g/mol. The molecule has 3 heterocycles. The summed E-state index contributed by atoms with van der Waals surface area (Å²) < 4.78 is 27.9. The van der Waals surface area contributed by atoms with E-state index in [0.717, 1.165) is 17.7 Å². The van der Waals surface area contributed by atoms with Crippen LogP contribution in [0.3, 0.4) is 0 Å². The number of rotatable bonds is 4. The summed E-state index contributed by atoms with van der Waals surface area (Å²) in [6.07, 6.45) is 5.19. The number of carbonyl (C=O) groups excluding carboxylic acids is 1. The monoisotopic (exact) mass is 353 g/mol. The second kappa shape index (κ2) is 6.40. The van der Waals surface area contributed by atoms with Gasteiger partial charge in [-0.2, -0.15) is 0 Å². The molecule has 0 saturated heterocycles. The third kappa shape index (κ3) is 2.92. The van der Waals surface area contributed by atoms with Crippen molar-refractivity contribution in [1.29, 1.82) is 0 Å². The van der Waals surface area contributed by atoms with Crippen molar-refractivity contribution >= 4 is 11.6 Å². The van der Waals surface area contributed by atoms with E-state index in [1.807, 2.05) is 6.07 Å². The lowest BCUT2D eigenvalue weighted by Crippen LogP contribution is -2.23. The number of aromatic amines is 1. The molecule has 6 nitrogen and oxygen atoms in total. The molecule has 1 amide bonds. The van der Waals surface area contributed by atoms with Crippen LogP contribution in [0.25, 0.3) is 17.0 Å². The van der Waals surface area contributed by atoms with Gasteiger partial charge in [0.2, 0.25) is 0 Å². The molecule has 0 aliphatic heterocycles. The van der Waals surface area contributed by atoms with E-state index in [2.05, 4.69) is 20.5 Å². The Labute approximate surface area is 146 Å². The Morgan fingerprint density at radius 2 is 2.00 bits per heavy atom. The molecule has 130 valence electrons. The molecule has 26 heavy (non-hydrogen) atoms. The Hall–Kier alpha value is -3.55. The van der Waals surface area contributed by atoms with Crippen LogP contribution in [0, 0.1) is 11.6 Å². The number of carbonyl (C=O) groups is 1. The van der Waals surface area contributed by atoms with Crippen LogP contribution in [-0.4, -0.2) is 25.5 Å². The van der Waals surface area contributed by atoms with Crippen LogP contribution < -0.4 is 5.32 Å². The van der Waals surface area contributed by atoms with Crippen LogP contribution in [0.5, 0.6) is 0 Å². The van der Waals surface area contributed by atoms with Crippen molar-refractivity contribution in [3.8, 4) is 11.4 Å². The first-order chi connectivity index (χ1) is 12.6. The lowest BCUT2D eigenvalue weighted by Gasteiger charge is -2.07. The molecule has 0 aliphatic rings. The fraction of sp³-hybridized carbons (Fsp3) is 0.0556. The minimum Gasteiger partial charge on any atom is -0.367 e. The lowest BCUT2D eigenvalue weighted by atomic mass is 10.2. The van der Waals surface area contributed by atoms with E-state index in [1.165, 1.54) is 6.07 Å². The van der Waals surface area contributed by atoms with Crippen LogP contribution in [0.15, 0.2) is 55.0 Å². The van der Waals surface area contributed by atoms with E-state index in [9.17, 15) is 13.6 Å². The van der Waals surface area contributed by atoms with Crippen molar-refractivity contribution < 1.29 is 13.6 Å². The quantitative estimate of drug-likeness (QED) is 0.592. The van der Waals surface area contributed by atoms with Gasteiger partial charge in [-0.25, -0.2) is 8.78 Å². The number of hydrogen-bond donors (Lipinski definition) is 2. The van der Waals surface area contributed by atoms with Crippen LogP contribution in [0.4, 0.5) is 8.78 Å². The molecule has 0 radical (unpaired) electrons. The van der Waals surface area contributed by atoms with Gasteiger partial charge in [-0.05, 0) is 35.9 Å². The van der Waals surface area contributed by atoms with E-state index in [4.69, 9.17) is 0 Å². The van der Waals surface area contributed by atoms with Crippen molar-refractivity contribution in [2.75, 3.05) is 0 Å². The molecule has 8 heteroatoms. The number of hydrogen-bond acceptors (Lipinski definition) is 3. The first kappa shape index (κ1) is 15.9. The summed E-state index contributed by atoms with van der Waals surface area (Å²) in [7, 11) is 0. The van der Waals surface area contributed by atoms with Crippen LogP contribution in [-0.2, 0) is 6.54 Å². The molecule has 3 aromatic heterocycles. The first-order valence-corrected chi connectivity index (χ1v) is 7.82. The van der Waals surface area contributed by atoms with Gasteiger partial charge >= 0.3 is 0 Å². The molecule has 2 N–H and O–H groups in total. The van der Waals surface area contributed by atoms with Gasteiger partial charge in [0.1, 0.15) is 0 Å². The Morgan fingerprint density at radius 3 is 2.77 bits per heavy atom. The number of nitrogens with one attached hydrogen (secondary N) is 2. The maximum atomic E-state index is 13.2. The third-order valence-corrected chi connectivity index (χ3v) is 3.96. The van der Waals surface area contributed by atoms with Gasteiger partial charge < -0.3 is 10.3 Å². The molecule has 0 fully saturated rings. The summed E-state index contributed by atoms with van der Waals surface area (Å²) in [5.41, 5.74) is 2.32. The number of benzene rings is 1. The largest absolute Gasteiger partial charge is 0.367 e. The standard InChI is InChI=1S/C18H13F2N5O/c19-14-3-1-11(7-15(14)20)8-22-18(26)13-2-4-16-23-24-17(25(16)10-13)12-5-6-21-9-12/h1-7,9-10,21H,8H2,(H,22,26). The highest BCUT2D eigenvalue weighted by molar-refractivity contribution is 5.94. The zero-order chi connectivity index (χ0) is 18.1. The Balaban J connectivity index is 1.56. The maximum Gasteiger partial charge on any atom is 0.253 e. The van der Waals surface area contributed by atoms with Crippen molar-refractivity contribution in [1.82, 2.24) is 24.9 Å². The summed E-state index contributed by atoms with van der Waals surface area (Å²) in [4.78, 5) is 15.3. The van der Waals surface area contributed by atoms with Gasteiger partial charge in [0.15, 0.2) is 23.1 Å². The molecule has 0 bridgehead atoms. The van der Waals surface area contributed by atoms with E-state index < -0.39 is 11.6 Å². The Bertz CT molecular complexity index is 1090. The second-order valence-electron chi connectivity index (χ2n) is 5.70. The lowest BCUT2D eigenvalue weighted by molar-refractivity contribution is 0.0950. The Kier molecular flexibility index (Phi) is 3.92. The highest BCUT2D eigenvalue weighted by Gasteiger charge is 2.12. The van der Waals surface area contributed by atoms with Gasteiger partial charge in [0.25, 0.3) is 5.91 Å². The van der Waals surface area contributed by atoms with Crippen LogP contribution >= 0.6 is 0 Å². The van der Waals surface area contributed by atoms with E-state index in [1.54, 1.807) is 35.1 Å². The number of pyridine rings is 1. The molecule has 1 aromatic carbocycles. The minimum absolute atomic E-state index is 0.0842. The van der Waals surface area contributed by atoms with Crippen LogP contribution in [0.2, 0.25) is 0 Å². The molecule has 4 rings (SSSR count). The molecule has 0 aliphatic carbocycles. The molecule has 0 saturated carbocycles. The van der Waals surface area contributed by atoms with Gasteiger partial charge in [-0.3, -0.25) is 9.20 Å². The highest BCUT2D eigenvalue weighted by atomic mass is 19.2. The van der Waals surface area contributed by atoms with Gasteiger partial charge in [-0.1, -0.05) is 6.07 Å². The fourth-order valence-electron chi connectivity index (χ4n) is 2.62. The summed E-state index contributed by atoms with van der Waals surface area (Å²) in [5.74, 6) is -1.60. The number of aromatic nitrogens is 4. The minimum atomic E-state index is -0.946. The van der Waals surface area contributed by atoms with Gasteiger partial charge in [0, 0.05) is 30.7 Å². The molecule has 0 atom stereocenters. The van der Waals surface area contributed by atoms with E-state index in [-0.39, 0.29) is 12.5 Å². The summed E-state index contributed by atoms with van der Waals surface area (Å²) >= 11 is 0. The Morgan fingerprint density at radius 1 is 1.12 bits per heavy atom. The fourth-order valence-corrected chi connectivity index (χ4v) is 2.62. The predicted octanol–water partition coefficient (Wildman–Crippen LogP) is 2.93. The smallest absolute Gasteiger partial charge is 0.253 e. The summed E-state index contributed by atoms with van der Waals surface area (Å²) in [6.45, 7) is 0.0842. The average Bonchev–Trinajstić information content (AvgIpc) is 3.30. The zero-order valence-electron chi connectivity index (χ0n) is 13.4. The normalized spacial score (nSPS) is 11.0. The number of amides is 1. The SMILES string of the molecule is O=C(NCc1ccc(F)c(F)c1)c1ccc2nnc(-c3cc[nH]c3)n2c1. The summed E-state index contributed by atoms with van der Waals surface area (Å²) in [5, 5.41) is 10.9. The number of halogens is 2. The van der Waals surface area contributed by atoms with Crippen molar-refractivity contribution in [3.05, 3.63) is 77.8 Å². The van der Waals surface area contributed by atoms with Crippen molar-refractivity contribution in [3.63, 3.8) is 0 Å². The zero-order valence-corrected chi connectivity index (χ0v) is 13.4. The number of fused-ring (bicyclic) bond motifs is 1. The van der Waals surface area contributed by atoms with Crippen LogP contribution in [0.1, 0.15) is 15.9 Å². The third-order valence-electron chi connectivity index (χ3n) is 3.96. The topological polar surface area (TPSA) is 75.1 Å². The highest BCUT2D eigenvalue weighted by Crippen LogP contribution is 2.18. The summed E-state index contributed by atoms with van der Waals surface area (Å²) in [6, 6.07) is 8.69.